The fourth-order valence-electron chi connectivity index (χ4n) is 1.28. The van der Waals surface area contributed by atoms with Gasteiger partial charge >= 0.3 is 0 Å². The lowest BCUT2D eigenvalue weighted by atomic mass is 10.1. The Balaban J connectivity index is 3.06. The minimum absolute atomic E-state index is 0.0901. The van der Waals surface area contributed by atoms with E-state index in [0.717, 1.165) is 0 Å². The number of aliphatic hydroxyl groups excluding tert-OH is 1. The van der Waals surface area contributed by atoms with E-state index in [1.54, 1.807) is 31.2 Å². The van der Waals surface area contributed by atoms with Crippen molar-refractivity contribution in [3.8, 4) is 6.07 Å². The van der Waals surface area contributed by atoms with Gasteiger partial charge in [-0.05, 0) is 6.92 Å². The fraction of sp³-hybridized carbons (Fsp3) is 0.250. The lowest BCUT2D eigenvalue weighted by Gasteiger charge is -2.10. The van der Waals surface area contributed by atoms with Gasteiger partial charge in [0.05, 0.1) is 7.11 Å². The van der Waals surface area contributed by atoms with E-state index in [4.69, 9.17) is 10.1 Å². The zero-order chi connectivity index (χ0) is 12.0. The highest BCUT2D eigenvalue weighted by Crippen LogP contribution is 2.19. The number of hydrogen-bond acceptors (Lipinski definition) is 4. The largest absolute Gasteiger partial charge is 0.506 e. The molecule has 0 aromatic heterocycles. The quantitative estimate of drug-likeness (QED) is 0.365. The second kappa shape index (κ2) is 5.91. The summed E-state index contributed by atoms with van der Waals surface area (Å²) < 4.78 is 0. The van der Waals surface area contributed by atoms with Crippen LogP contribution in [0.2, 0.25) is 0 Å². The zero-order valence-electron chi connectivity index (χ0n) is 9.18. The van der Waals surface area contributed by atoms with E-state index in [0.29, 0.717) is 5.56 Å². The van der Waals surface area contributed by atoms with Gasteiger partial charge in [0, 0.05) is 5.56 Å². The van der Waals surface area contributed by atoms with Crippen LogP contribution in [0.15, 0.2) is 35.9 Å². The fourth-order valence-corrected chi connectivity index (χ4v) is 1.28. The molecule has 0 heterocycles. The SMILES string of the molecule is COOC(C)/C(C#N)=C(\O)c1ccccc1. The van der Waals surface area contributed by atoms with E-state index >= 15 is 0 Å². The van der Waals surface area contributed by atoms with Crippen molar-refractivity contribution >= 4 is 5.76 Å². The standard InChI is InChI=1S/C12H13NO3/c1-9(16-15-2)11(8-13)12(14)10-6-4-3-5-7-10/h3-7,9,14H,1-2H3/b12-11-. The highest BCUT2D eigenvalue weighted by molar-refractivity contribution is 5.66. The van der Waals surface area contributed by atoms with Crippen molar-refractivity contribution in [1.82, 2.24) is 0 Å². The Morgan fingerprint density at radius 3 is 2.50 bits per heavy atom. The van der Waals surface area contributed by atoms with E-state index in [-0.39, 0.29) is 11.3 Å². The van der Waals surface area contributed by atoms with Crippen molar-refractivity contribution in [3.63, 3.8) is 0 Å². The van der Waals surface area contributed by atoms with Gasteiger partial charge in [0.15, 0.2) is 0 Å². The number of aliphatic hydroxyl groups is 1. The molecule has 1 rings (SSSR count). The summed E-state index contributed by atoms with van der Waals surface area (Å²) in [4.78, 5) is 9.27. The Morgan fingerprint density at radius 2 is 2.00 bits per heavy atom. The van der Waals surface area contributed by atoms with E-state index in [1.807, 2.05) is 12.1 Å². The molecular weight excluding hydrogens is 206 g/mol. The van der Waals surface area contributed by atoms with Crippen LogP contribution in [0.3, 0.4) is 0 Å². The predicted molar refractivity (Wildman–Crippen MR) is 59.2 cm³/mol. The molecule has 0 saturated heterocycles. The van der Waals surface area contributed by atoms with Gasteiger partial charge in [-0.25, -0.2) is 9.78 Å². The molecule has 0 fully saturated rings. The molecule has 84 valence electrons. The van der Waals surface area contributed by atoms with Gasteiger partial charge in [-0.15, -0.1) is 0 Å². The number of nitriles is 1. The summed E-state index contributed by atoms with van der Waals surface area (Å²) in [6.07, 6.45) is -0.616. The maximum Gasteiger partial charge on any atom is 0.139 e. The van der Waals surface area contributed by atoms with Crippen LogP contribution >= 0.6 is 0 Å². The Hall–Kier alpha value is -1.83. The van der Waals surface area contributed by atoms with Gasteiger partial charge in [0.1, 0.15) is 23.5 Å². The molecule has 1 N–H and O–H groups in total. The van der Waals surface area contributed by atoms with Crippen molar-refractivity contribution in [2.45, 2.75) is 13.0 Å². The van der Waals surface area contributed by atoms with Crippen molar-refractivity contribution in [2.24, 2.45) is 0 Å². The Kier molecular flexibility index (Phi) is 4.52. The third-order valence-corrected chi connectivity index (χ3v) is 2.07. The van der Waals surface area contributed by atoms with Crippen LogP contribution in [-0.2, 0) is 9.78 Å². The highest BCUT2D eigenvalue weighted by Gasteiger charge is 2.16. The summed E-state index contributed by atoms with van der Waals surface area (Å²) >= 11 is 0. The molecule has 0 aliphatic heterocycles. The Bertz CT molecular complexity index is 406. The third-order valence-electron chi connectivity index (χ3n) is 2.07. The van der Waals surface area contributed by atoms with Gasteiger partial charge in [-0.1, -0.05) is 30.3 Å². The number of benzene rings is 1. The molecular formula is C12H13NO3. The molecule has 4 heteroatoms. The van der Waals surface area contributed by atoms with Crippen molar-refractivity contribution in [3.05, 3.63) is 41.5 Å². The topological polar surface area (TPSA) is 62.5 Å². The zero-order valence-corrected chi connectivity index (χ0v) is 9.18. The molecule has 0 saturated carbocycles. The average Bonchev–Trinajstić information content (AvgIpc) is 2.31. The first-order valence-electron chi connectivity index (χ1n) is 4.78. The maximum atomic E-state index is 9.90. The first-order chi connectivity index (χ1) is 7.70. The second-order valence-corrected chi connectivity index (χ2v) is 3.15. The molecule has 1 unspecified atom stereocenters. The summed E-state index contributed by atoms with van der Waals surface area (Å²) in [6.45, 7) is 1.63. The van der Waals surface area contributed by atoms with Crippen molar-refractivity contribution in [1.29, 1.82) is 5.26 Å². The van der Waals surface area contributed by atoms with Crippen LogP contribution in [-0.4, -0.2) is 18.3 Å². The van der Waals surface area contributed by atoms with E-state index < -0.39 is 6.10 Å². The summed E-state index contributed by atoms with van der Waals surface area (Å²) in [5.74, 6) is -0.0901. The van der Waals surface area contributed by atoms with Gasteiger partial charge in [0.2, 0.25) is 0 Å². The minimum atomic E-state index is -0.616. The average molecular weight is 219 g/mol. The number of rotatable bonds is 4. The first kappa shape index (κ1) is 12.2. The van der Waals surface area contributed by atoms with Crippen LogP contribution in [0.4, 0.5) is 0 Å². The van der Waals surface area contributed by atoms with Gasteiger partial charge in [0.25, 0.3) is 0 Å². The van der Waals surface area contributed by atoms with Crippen LogP contribution in [0.5, 0.6) is 0 Å². The molecule has 1 aromatic rings. The molecule has 0 spiro atoms. The van der Waals surface area contributed by atoms with Crippen molar-refractivity contribution in [2.75, 3.05) is 7.11 Å². The van der Waals surface area contributed by atoms with Crippen LogP contribution in [0, 0.1) is 11.3 Å². The summed E-state index contributed by atoms with van der Waals surface area (Å²) in [6, 6.07) is 10.7. The maximum absolute atomic E-state index is 9.90. The smallest absolute Gasteiger partial charge is 0.139 e. The predicted octanol–water partition coefficient (Wildman–Crippen LogP) is 2.45. The molecule has 0 aliphatic rings. The summed E-state index contributed by atoms with van der Waals surface area (Å²) in [5, 5.41) is 18.9. The molecule has 1 atom stereocenters. The van der Waals surface area contributed by atoms with Gasteiger partial charge in [-0.3, -0.25) is 0 Å². The molecule has 0 amide bonds. The van der Waals surface area contributed by atoms with E-state index in [2.05, 4.69) is 4.89 Å². The lowest BCUT2D eigenvalue weighted by molar-refractivity contribution is -0.291. The lowest BCUT2D eigenvalue weighted by Crippen LogP contribution is -2.11. The second-order valence-electron chi connectivity index (χ2n) is 3.15. The molecule has 16 heavy (non-hydrogen) atoms. The third kappa shape index (κ3) is 2.83. The molecule has 4 nitrogen and oxygen atoms in total. The summed E-state index contributed by atoms with van der Waals surface area (Å²) in [5.41, 5.74) is 0.707. The van der Waals surface area contributed by atoms with Crippen LogP contribution in [0.25, 0.3) is 5.76 Å². The first-order valence-corrected chi connectivity index (χ1v) is 4.78. The number of nitrogens with zero attached hydrogens (tertiary/aromatic N) is 1. The number of hydrogen-bond donors (Lipinski definition) is 1. The summed E-state index contributed by atoms with van der Waals surface area (Å²) in [7, 11) is 1.35. The van der Waals surface area contributed by atoms with Gasteiger partial charge < -0.3 is 5.11 Å². The minimum Gasteiger partial charge on any atom is -0.506 e. The highest BCUT2D eigenvalue weighted by atomic mass is 17.2. The molecule has 0 radical (unpaired) electrons. The normalized spacial score (nSPS) is 13.8. The van der Waals surface area contributed by atoms with Crippen LogP contribution < -0.4 is 0 Å². The molecule has 1 aromatic carbocycles. The Labute approximate surface area is 94.3 Å². The van der Waals surface area contributed by atoms with E-state index in [1.165, 1.54) is 7.11 Å². The Morgan fingerprint density at radius 1 is 1.38 bits per heavy atom. The van der Waals surface area contributed by atoms with E-state index in [9.17, 15) is 5.11 Å². The van der Waals surface area contributed by atoms with Gasteiger partial charge in [-0.2, -0.15) is 5.26 Å². The monoisotopic (exact) mass is 219 g/mol. The van der Waals surface area contributed by atoms with Crippen LogP contribution in [0.1, 0.15) is 12.5 Å². The molecule has 0 bridgehead atoms. The van der Waals surface area contributed by atoms with Crippen molar-refractivity contribution < 1.29 is 14.9 Å². The molecule has 0 aliphatic carbocycles.